The van der Waals surface area contributed by atoms with E-state index in [9.17, 15) is 91.9 Å². The minimum absolute atomic E-state index is 0.0452. The highest BCUT2D eigenvalue weighted by Gasteiger charge is 2.71. The molecule has 96 heavy (non-hydrogen) atoms. The summed E-state index contributed by atoms with van der Waals surface area (Å²) >= 11 is 0. The lowest BCUT2D eigenvalue weighted by Crippen LogP contribution is -2.67. The third-order valence-electron chi connectivity index (χ3n) is 25.2. The third kappa shape index (κ3) is 12.9. The van der Waals surface area contributed by atoms with Crippen LogP contribution in [0, 0.1) is 50.2 Å². The van der Waals surface area contributed by atoms with Gasteiger partial charge in [0.2, 0.25) is 6.29 Å². The maximum Gasteiger partial charge on any atom is 0.315 e. The van der Waals surface area contributed by atoms with Gasteiger partial charge < -0.3 is 149 Å². The fourth-order valence-electron chi connectivity index (χ4n) is 19.0. The molecule has 4 saturated carbocycles. The quantitative estimate of drug-likeness (QED) is 0.0392. The number of esters is 1. The largest absolute Gasteiger partial charge is 0.432 e. The number of carbonyl (C=O) groups excluding carboxylic acids is 1. The lowest BCUT2D eigenvalue weighted by atomic mass is 9.33. The predicted octanol–water partition coefficient (Wildman–Crippen LogP) is -4.72. The number of hydrogen-bond acceptors (Lipinski definition) is 31. The molecule has 18 N–H and O–H groups in total. The number of carbonyl (C=O) groups is 1. The van der Waals surface area contributed by atoms with Gasteiger partial charge in [-0.15, -0.1) is 0 Å². The van der Waals surface area contributed by atoms with Crippen LogP contribution in [0.4, 0.5) is 0 Å². The molecule has 552 valence electrons. The van der Waals surface area contributed by atoms with E-state index in [-0.39, 0.29) is 34.0 Å². The Morgan fingerprint density at radius 3 is 1.62 bits per heavy atom. The Hall–Kier alpha value is -1.95. The van der Waals surface area contributed by atoms with E-state index in [1.165, 1.54) is 12.5 Å². The van der Waals surface area contributed by atoms with Crippen LogP contribution in [0.2, 0.25) is 0 Å². The van der Waals surface area contributed by atoms with Crippen molar-refractivity contribution in [2.75, 3.05) is 33.0 Å². The van der Waals surface area contributed by atoms with E-state index >= 15 is 4.79 Å². The molecule has 37 atom stereocenters. The second-order valence-corrected chi connectivity index (χ2v) is 31.5. The fraction of sp³-hybridized carbons (Fsp3) is 0.954. The Morgan fingerprint density at radius 2 is 1.01 bits per heavy atom. The van der Waals surface area contributed by atoms with E-state index in [1.807, 2.05) is 0 Å². The smallest absolute Gasteiger partial charge is 0.315 e. The standard InChI is InChI=1S/C65H106O31/c1-25-36(69)41(74)46(79)54(87-25)94-51-30(22-68)90-53(50(83)45(51)78)85-23-31-39(72)44(77)49(82)57(91-31)96-59(84)65-17-15-60(2,3)19-27(65)26-9-10-34-62(6)13-12-35(61(4,5)33(62)11-14-64(34,8)63(26,7)16-18-65)93-58-52(95-56-48(81)43(76)38(71)29(21-67)89-56)40(73)32(24-86-58)92-55-47(80)42(75)37(70)28(20-66)88-55/h9,25,27-58,66-83H,10-24H2,1-8H3. The van der Waals surface area contributed by atoms with E-state index < -0.39 is 239 Å². The molecule has 0 radical (unpaired) electrons. The summed E-state index contributed by atoms with van der Waals surface area (Å²) in [5, 5.41) is 194. The Labute approximate surface area is 556 Å². The van der Waals surface area contributed by atoms with Crippen molar-refractivity contribution >= 4 is 5.97 Å². The summed E-state index contributed by atoms with van der Waals surface area (Å²) in [5.41, 5.74) is -1.71. The van der Waals surface area contributed by atoms with Crippen LogP contribution < -0.4 is 0 Å². The van der Waals surface area contributed by atoms with Crippen molar-refractivity contribution in [2.24, 2.45) is 50.2 Å². The molecule has 11 rings (SSSR count). The number of aliphatic hydroxyl groups excluding tert-OH is 18. The highest BCUT2D eigenvalue weighted by atomic mass is 16.8. The predicted molar refractivity (Wildman–Crippen MR) is 321 cm³/mol. The second kappa shape index (κ2) is 28.3. The molecule has 31 heteroatoms. The van der Waals surface area contributed by atoms with Gasteiger partial charge in [-0.1, -0.05) is 60.1 Å². The van der Waals surface area contributed by atoms with E-state index in [0.717, 1.165) is 12.8 Å². The number of aliphatic hydroxyl groups is 18. The number of hydrogen-bond donors (Lipinski definition) is 18. The zero-order valence-electron chi connectivity index (χ0n) is 55.6. The number of ether oxygens (including phenoxy) is 12. The first-order valence-corrected chi connectivity index (χ1v) is 34.1. The zero-order chi connectivity index (χ0) is 70.0. The van der Waals surface area contributed by atoms with E-state index in [4.69, 9.17) is 56.8 Å². The molecular formula is C65H106O31. The molecule has 11 aliphatic rings. The summed E-state index contributed by atoms with van der Waals surface area (Å²) in [6.07, 6.45) is -40.1. The molecule has 0 aromatic carbocycles. The van der Waals surface area contributed by atoms with Crippen LogP contribution in [0.1, 0.15) is 120 Å². The van der Waals surface area contributed by atoms with Crippen molar-refractivity contribution < 1.29 is 154 Å². The van der Waals surface area contributed by atoms with Gasteiger partial charge in [-0.05, 0) is 116 Å². The van der Waals surface area contributed by atoms with Crippen LogP contribution in [0.15, 0.2) is 11.6 Å². The van der Waals surface area contributed by atoms with Crippen molar-refractivity contribution in [3.05, 3.63) is 11.6 Å². The highest BCUT2D eigenvalue weighted by molar-refractivity contribution is 5.79. The van der Waals surface area contributed by atoms with Gasteiger partial charge in [-0.3, -0.25) is 4.79 Å². The minimum atomic E-state index is -1.92. The number of allylic oxidation sites excluding steroid dienone is 2. The van der Waals surface area contributed by atoms with Crippen molar-refractivity contribution in [3.8, 4) is 0 Å². The summed E-state index contributed by atoms with van der Waals surface area (Å²) in [6.45, 7) is 13.7. The maximum atomic E-state index is 15.3. The average Bonchev–Trinajstić information content (AvgIpc) is 0.676. The molecule has 6 aliphatic heterocycles. The minimum Gasteiger partial charge on any atom is -0.432 e. The Morgan fingerprint density at radius 1 is 0.490 bits per heavy atom. The summed E-state index contributed by atoms with van der Waals surface area (Å²) in [5.74, 6) is -0.768. The first kappa shape index (κ1) is 75.2. The fourth-order valence-corrected chi connectivity index (χ4v) is 19.0. The van der Waals surface area contributed by atoms with Gasteiger partial charge in [0.05, 0.1) is 50.7 Å². The van der Waals surface area contributed by atoms with Gasteiger partial charge in [0.25, 0.3) is 0 Å². The van der Waals surface area contributed by atoms with Crippen molar-refractivity contribution in [2.45, 2.75) is 304 Å². The van der Waals surface area contributed by atoms with Crippen molar-refractivity contribution in [1.82, 2.24) is 0 Å². The summed E-state index contributed by atoms with van der Waals surface area (Å²) < 4.78 is 71.8. The molecule has 37 unspecified atom stereocenters. The first-order valence-electron chi connectivity index (χ1n) is 34.1. The van der Waals surface area contributed by atoms with Crippen LogP contribution in [-0.2, 0) is 61.6 Å². The van der Waals surface area contributed by atoms with Gasteiger partial charge in [0, 0.05) is 0 Å². The molecule has 10 fully saturated rings. The van der Waals surface area contributed by atoms with E-state index in [0.29, 0.717) is 51.4 Å². The van der Waals surface area contributed by atoms with Gasteiger partial charge in [-0.2, -0.15) is 0 Å². The van der Waals surface area contributed by atoms with Gasteiger partial charge >= 0.3 is 5.97 Å². The Kier molecular flexibility index (Phi) is 22.1. The van der Waals surface area contributed by atoms with Crippen LogP contribution >= 0.6 is 0 Å². The van der Waals surface area contributed by atoms with Crippen molar-refractivity contribution in [1.29, 1.82) is 0 Å². The first-order chi connectivity index (χ1) is 45.0. The summed E-state index contributed by atoms with van der Waals surface area (Å²) in [7, 11) is 0. The van der Waals surface area contributed by atoms with Gasteiger partial charge in [0.15, 0.2) is 31.5 Å². The zero-order valence-corrected chi connectivity index (χ0v) is 55.6. The molecule has 6 saturated heterocycles. The second-order valence-electron chi connectivity index (χ2n) is 31.5. The lowest BCUT2D eigenvalue weighted by Gasteiger charge is -2.71. The third-order valence-corrected chi connectivity index (χ3v) is 25.2. The summed E-state index contributed by atoms with van der Waals surface area (Å²) in [6, 6.07) is 0. The molecule has 0 bridgehead atoms. The number of rotatable bonds is 16. The molecular weight excluding hydrogens is 1280 g/mol. The topological polar surface area (TPSA) is 492 Å². The Bertz CT molecular complexity index is 2690. The number of fused-ring (bicyclic) bond motifs is 7. The molecule has 31 nitrogen and oxygen atoms in total. The van der Waals surface area contributed by atoms with Crippen LogP contribution in [0.5, 0.6) is 0 Å². The monoisotopic (exact) mass is 1380 g/mol. The van der Waals surface area contributed by atoms with E-state index in [2.05, 4.69) is 54.5 Å². The molecule has 0 spiro atoms. The Balaban J connectivity index is 0.781. The maximum absolute atomic E-state index is 15.3. The van der Waals surface area contributed by atoms with Crippen molar-refractivity contribution in [3.63, 3.8) is 0 Å². The van der Waals surface area contributed by atoms with E-state index in [1.54, 1.807) is 0 Å². The van der Waals surface area contributed by atoms with Crippen LogP contribution in [0.25, 0.3) is 0 Å². The molecule has 0 amide bonds. The molecule has 0 aromatic rings. The summed E-state index contributed by atoms with van der Waals surface area (Å²) in [4.78, 5) is 15.3. The molecule has 0 aromatic heterocycles. The van der Waals surface area contributed by atoms with Gasteiger partial charge in [0.1, 0.15) is 134 Å². The molecule has 5 aliphatic carbocycles. The van der Waals surface area contributed by atoms with Crippen LogP contribution in [-0.4, -0.2) is 315 Å². The highest BCUT2D eigenvalue weighted by Crippen LogP contribution is 2.76. The average molecular weight is 1380 g/mol. The molecule has 6 heterocycles. The van der Waals surface area contributed by atoms with Gasteiger partial charge in [-0.25, -0.2) is 0 Å². The lowest BCUT2D eigenvalue weighted by molar-refractivity contribution is -0.382. The SMILES string of the molecule is CC1OC(OC2C(CO)OC(OCC3OC(OC(=O)C45CCC(C)(C)CC4C4=CCC6C7(C)CCC(OC8OCC(OC9OC(CO)C(O)C(O)C9O)C(O)C8OC8OC(CO)C(O)C(O)C8O)C(C)(C)C7CCC6(C)C4(C)CC5)C(O)C(O)C3O)C(O)C2O)C(O)C(O)C1O. The van der Waals surface area contributed by atoms with Crippen LogP contribution in [0.3, 0.4) is 0 Å². The normalized spacial score (nSPS) is 54.1.